The first-order chi connectivity index (χ1) is 15.8. The van der Waals surface area contributed by atoms with Crippen LogP contribution in [0.15, 0.2) is 47.9 Å². The van der Waals surface area contributed by atoms with E-state index in [1.165, 1.54) is 11.9 Å². The Bertz CT molecular complexity index is 1120. The number of carbonyl (C=O) groups excluding carboxylic acids is 2. The first-order valence-electron chi connectivity index (χ1n) is 11.4. The van der Waals surface area contributed by atoms with Crippen LogP contribution in [0.3, 0.4) is 0 Å². The molecule has 0 aromatic carbocycles. The lowest BCUT2D eigenvalue weighted by Crippen LogP contribution is -2.30. The van der Waals surface area contributed by atoms with Crippen LogP contribution in [0.4, 0.5) is 10.5 Å². The fourth-order valence-corrected chi connectivity index (χ4v) is 3.78. The van der Waals surface area contributed by atoms with Gasteiger partial charge in [0.2, 0.25) is 5.91 Å². The van der Waals surface area contributed by atoms with Gasteiger partial charge in [-0.15, -0.1) is 0 Å². The van der Waals surface area contributed by atoms with Crippen LogP contribution >= 0.6 is 0 Å². The zero-order valence-corrected chi connectivity index (χ0v) is 20.1. The van der Waals surface area contributed by atoms with Gasteiger partial charge < -0.3 is 9.51 Å². The van der Waals surface area contributed by atoms with E-state index in [2.05, 4.69) is 11.6 Å². The smallest absolute Gasteiger partial charge is 0.331 e. The minimum atomic E-state index is -0.842. The second-order valence-electron chi connectivity index (χ2n) is 8.32. The highest BCUT2D eigenvalue weighted by atomic mass is 16.3. The van der Waals surface area contributed by atoms with Gasteiger partial charge in [-0.3, -0.25) is 19.6 Å². The highest BCUT2D eigenvalue weighted by Crippen LogP contribution is 2.42. The first kappa shape index (κ1) is 24.4. The Labute approximate surface area is 194 Å². The number of hydrogen-bond donors (Lipinski definition) is 1. The normalized spacial score (nSPS) is 17.2. The molecule has 0 spiro atoms. The first-order valence-corrected chi connectivity index (χ1v) is 11.4. The minimum absolute atomic E-state index is 0.000639. The molecule has 1 saturated carbocycles. The average molecular weight is 452 g/mol. The third kappa shape index (κ3) is 5.22. The van der Waals surface area contributed by atoms with Crippen molar-refractivity contribution in [3.63, 3.8) is 0 Å². The van der Waals surface area contributed by atoms with Gasteiger partial charge in [-0.25, -0.2) is 9.78 Å². The Morgan fingerprint density at radius 2 is 2.00 bits per heavy atom. The van der Waals surface area contributed by atoms with Gasteiger partial charge in [-0.1, -0.05) is 26.5 Å². The van der Waals surface area contributed by atoms with Crippen molar-refractivity contribution in [2.24, 2.45) is 4.99 Å². The number of nitrogens with zero attached hydrogens (tertiary/aromatic N) is 5. The summed E-state index contributed by atoms with van der Waals surface area (Å²) < 4.78 is 1.90. The van der Waals surface area contributed by atoms with Gasteiger partial charge in [-0.05, 0) is 50.3 Å². The summed E-state index contributed by atoms with van der Waals surface area (Å²) in [5.41, 5.74) is 4.37. The Balaban J connectivity index is 0.00000149. The zero-order valence-electron chi connectivity index (χ0n) is 20.1. The van der Waals surface area contributed by atoms with Crippen molar-refractivity contribution in [3.05, 3.63) is 54.1 Å². The van der Waals surface area contributed by atoms with Gasteiger partial charge in [0.05, 0.1) is 17.1 Å². The van der Waals surface area contributed by atoms with E-state index in [1.54, 1.807) is 12.2 Å². The molecule has 3 heterocycles. The minimum Gasteiger partial charge on any atom is -0.386 e. The van der Waals surface area contributed by atoms with E-state index < -0.39 is 6.10 Å². The molecule has 4 rings (SSSR count). The predicted molar refractivity (Wildman–Crippen MR) is 131 cm³/mol. The summed E-state index contributed by atoms with van der Waals surface area (Å²) in [5.74, 6) is 0.226. The van der Waals surface area contributed by atoms with Gasteiger partial charge in [0.25, 0.3) is 0 Å². The topological polar surface area (TPSA) is 90.5 Å². The van der Waals surface area contributed by atoms with Crippen molar-refractivity contribution in [2.45, 2.75) is 59.0 Å². The Kier molecular flexibility index (Phi) is 7.48. The highest BCUT2D eigenvalue weighted by molar-refractivity contribution is 6.13. The van der Waals surface area contributed by atoms with Crippen LogP contribution < -0.4 is 4.90 Å². The summed E-state index contributed by atoms with van der Waals surface area (Å²) >= 11 is 0. The van der Waals surface area contributed by atoms with Crippen molar-refractivity contribution in [2.75, 3.05) is 18.5 Å². The molecule has 176 valence electrons. The Hall–Kier alpha value is -3.26. The number of rotatable bonds is 7. The molecular weight excluding hydrogens is 418 g/mol. The van der Waals surface area contributed by atoms with E-state index in [4.69, 9.17) is 4.98 Å². The quantitative estimate of drug-likeness (QED) is 0.390. The maximum absolute atomic E-state index is 12.6. The van der Waals surface area contributed by atoms with Crippen LogP contribution in [0.25, 0.3) is 5.65 Å². The largest absolute Gasteiger partial charge is 0.386 e. The van der Waals surface area contributed by atoms with Crippen LogP contribution in [-0.4, -0.2) is 56.7 Å². The van der Waals surface area contributed by atoms with Crippen molar-refractivity contribution in [3.8, 4) is 0 Å². The number of allylic oxidation sites excluding steroid dienone is 2. The second kappa shape index (κ2) is 10.1. The monoisotopic (exact) mass is 451 g/mol. The zero-order chi connectivity index (χ0) is 24.3. The number of imidazole rings is 1. The molecule has 0 bridgehead atoms. The van der Waals surface area contributed by atoms with E-state index in [1.807, 2.05) is 50.6 Å². The van der Waals surface area contributed by atoms with Crippen molar-refractivity contribution >= 4 is 29.0 Å². The number of aromatic nitrogens is 2. The number of pyridine rings is 1. The van der Waals surface area contributed by atoms with Crippen molar-refractivity contribution < 1.29 is 14.7 Å². The molecule has 1 aliphatic heterocycles. The molecule has 2 aromatic heterocycles. The standard InChI is InChI=1S/C23H27N5O3.C2H6/c1-5-6-18(24-14(2)3)20(29)10-17-12-27-11-16(15-7-8-15)9-19(22(27)25-17)28-13-21(30)26(4)23(28)31;1-2/h5-6,9,11-12,15,20,29H,1,7-8,10,13H2,2-4H3;1-2H3/b18-6-;. The summed E-state index contributed by atoms with van der Waals surface area (Å²) in [6.45, 7) is 11.4. The van der Waals surface area contributed by atoms with Crippen LogP contribution in [0.2, 0.25) is 0 Å². The predicted octanol–water partition coefficient (Wildman–Crippen LogP) is 4.09. The van der Waals surface area contributed by atoms with E-state index in [9.17, 15) is 14.7 Å². The molecular formula is C25H33N5O3. The number of hydrogen-bond acceptors (Lipinski definition) is 5. The van der Waals surface area contributed by atoms with E-state index in [-0.39, 0.29) is 24.9 Å². The number of likely N-dealkylation sites (N-methyl/N-ethyl adjacent to an activating group) is 1. The molecule has 1 saturated heterocycles. The molecule has 1 N–H and O–H groups in total. The number of fused-ring (bicyclic) bond motifs is 1. The summed E-state index contributed by atoms with van der Waals surface area (Å²) in [5, 5.41) is 10.7. The van der Waals surface area contributed by atoms with E-state index in [0.29, 0.717) is 28.6 Å². The molecule has 0 radical (unpaired) electrons. The summed E-state index contributed by atoms with van der Waals surface area (Å²) in [6.07, 6.45) is 8.84. The van der Waals surface area contributed by atoms with Crippen LogP contribution in [0.5, 0.6) is 0 Å². The fraction of sp³-hybridized carbons (Fsp3) is 0.440. The van der Waals surface area contributed by atoms with Gasteiger partial charge >= 0.3 is 6.03 Å². The molecule has 3 amide bonds. The summed E-state index contributed by atoms with van der Waals surface area (Å²) in [6, 6.07) is 1.62. The molecule has 1 aliphatic carbocycles. The van der Waals surface area contributed by atoms with Crippen LogP contribution in [-0.2, 0) is 11.2 Å². The highest BCUT2D eigenvalue weighted by Gasteiger charge is 2.36. The lowest BCUT2D eigenvalue weighted by Gasteiger charge is -2.17. The van der Waals surface area contributed by atoms with E-state index in [0.717, 1.165) is 29.0 Å². The number of aliphatic imine (C=N–C) groups is 1. The SMILES string of the molecule is C=C/C=C(\N=C(C)C)C(O)Cc1cn2cc(C3CC3)cc(N3CC(=O)N(C)C3=O)c2n1.CC. The number of aliphatic hydroxyl groups is 1. The maximum Gasteiger partial charge on any atom is 0.331 e. The molecule has 1 atom stereocenters. The van der Waals surface area contributed by atoms with Gasteiger partial charge in [0, 0.05) is 31.6 Å². The Morgan fingerprint density at radius 3 is 2.55 bits per heavy atom. The lowest BCUT2D eigenvalue weighted by atomic mass is 10.1. The molecule has 2 aromatic rings. The fourth-order valence-electron chi connectivity index (χ4n) is 3.78. The number of imide groups is 1. The van der Waals surface area contributed by atoms with Gasteiger partial charge in [0.1, 0.15) is 12.6 Å². The number of carbonyl (C=O) groups is 2. The number of anilines is 1. The van der Waals surface area contributed by atoms with Crippen LogP contribution in [0, 0.1) is 0 Å². The Morgan fingerprint density at radius 1 is 1.30 bits per heavy atom. The summed E-state index contributed by atoms with van der Waals surface area (Å²) in [4.78, 5) is 36.4. The molecule has 2 aliphatic rings. The third-order valence-corrected chi connectivity index (χ3v) is 5.51. The summed E-state index contributed by atoms with van der Waals surface area (Å²) in [7, 11) is 1.49. The van der Waals surface area contributed by atoms with Crippen molar-refractivity contribution in [1.82, 2.24) is 14.3 Å². The number of aliphatic hydroxyl groups excluding tert-OH is 1. The lowest BCUT2D eigenvalue weighted by molar-refractivity contribution is -0.123. The number of urea groups is 1. The molecule has 2 fully saturated rings. The molecule has 1 unspecified atom stereocenters. The number of amides is 3. The second-order valence-corrected chi connectivity index (χ2v) is 8.32. The third-order valence-electron chi connectivity index (χ3n) is 5.51. The van der Waals surface area contributed by atoms with Crippen molar-refractivity contribution in [1.29, 1.82) is 0 Å². The molecule has 8 nitrogen and oxygen atoms in total. The van der Waals surface area contributed by atoms with Gasteiger partial charge in [0.15, 0.2) is 5.65 Å². The van der Waals surface area contributed by atoms with Crippen LogP contribution in [0.1, 0.15) is 57.7 Å². The van der Waals surface area contributed by atoms with E-state index >= 15 is 0 Å². The molecule has 33 heavy (non-hydrogen) atoms. The molecule has 8 heteroatoms. The maximum atomic E-state index is 12.6. The average Bonchev–Trinajstić information content (AvgIpc) is 3.51. The van der Waals surface area contributed by atoms with Gasteiger partial charge in [-0.2, -0.15) is 0 Å².